The Labute approximate surface area is 515 Å². The van der Waals surface area contributed by atoms with Crippen LogP contribution >= 0.6 is 0 Å². The summed E-state index contributed by atoms with van der Waals surface area (Å²) < 4.78 is 0. The largest absolute Gasteiger partial charge is 0.391 e. The third kappa shape index (κ3) is 21.0. The van der Waals surface area contributed by atoms with Crippen molar-refractivity contribution in [3.63, 3.8) is 0 Å². The van der Waals surface area contributed by atoms with E-state index in [0.717, 1.165) is 9.80 Å². The molecule has 0 spiro atoms. The fourth-order valence-corrected chi connectivity index (χ4v) is 11.0. The van der Waals surface area contributed by atoms with Gasteiger partial charge in [-0.1, -0.05) is 109 Å². The lowest BCUT2D eigenvalue weighted by Crippen LogP contribution is -2.63. The van der Waals surface area contributed by atoms with Crippen LogP contribution in [0.2, 0.25) is 0 Å². The zero-order valence-electron chi connectivity index (χ0n) is 56.9. The molecule has 0 bridgehead atoms. The molecule has 86 heavy (non-hydrogen) atoms. The number of allylic oxidation sites excluding steroid dienone is 2. The van der Waals surface area contributed by atoms with Crippen LogP contribution in [0.4, 0.5) is 0 Å². The molecule has 0 aromatic rings. The first-order valence-electron chi connectivity index (χ1n) is 31.0. The number of aliphatic hydroxyl groups excluding tert-OH is 1. The van der Waals surface area contributed by atoms with Crippen molar-refractivity contribution in [2.75, 3.05) is 55.9 Å². The zero-order valence-corrected chi connectivity index (χ0v) is 56.9. The van der Waals surface area contributed by atoms with Crippen LogP contribution in [0.3, 0.4) is 0 Å². The van der Waals surface area contributed by atoms with Crippen LogP contribution in [0.25, 0.3) is 0 Å². The fourth-order valence-electron chi connectivity index (χ4n) is 11.0. The molecule has 23 nitrogen and oxygen atoms in total. The smallest absolute Gasteiger partial charge is 0.248 e. The molecule has 492 valence electrons. The van der Waals surface area contributed by atoms with Crippen LogP contribution in [0.5, 0.6) is 0 Å². The average Bonchev–Trinajstić information content (AvgIpc) is 2.29. The Morgan fingerprint density at radius 1 is 0.477 bits per heavy atom. The van der Waals surface area contributed by atoms with Gasteiger partial charge in [-0.3, -0.25) is 52.7 Å². The maximum absolute atomic E-state index is 15.1. The fraction of sp³-hybridized carbons (Fsp3) is 0.794. The van der Waals surface area contributed by atoms with Gasteiger partial charge >= 0.3 is 0 Å². The van der Waals surface area contributed by atoms with Gasteiger partial charge in [0.25, 0.3) is 0 Å². The highest BCUT2D eigenvalue weighted by molar-refractivity contribution is 5.99. The Balaban J connectivity index is 4.36. The lowest BCUT2D eigenvalue weighted by Gasteiger charge is -2.41. The Morgan fingerprint density at radius 3 is 1.36 bits per heavy atom. The van der Waals surface area contributed by atoms with E-state index in [1.165, 1.54) is 94.6 Å². The standard InChI is InChI=1S/C63H113N11O12/c1-26-28-29-39(13)41(15)52-56(79)66-45(27-2)59(82)68(19)33-49(76)72(23)51(40(14)37(9)10)57(80)67-50(38(11)12)62(85)69(20)46(30-34(3)4)55(78)64-42(16)54(77)65-43(17)58(81)70(21)47(31-35(5)6)60(83)71(22)48(32-36(7)8)61(84)74(25)53(44(18)75)63(86)73(52)24/h26,28,34-48,50-53,75H,27,29-33H2,1-25H3,(H,64,78)(H,65,77)(H,66,79)(H,67,80)/b28-26+/t39-,40-,41+,42+,43+,44?,45+,46+,47+,48+,50+,51+,52-,53+/m1/s1. The minimum absolute atomic E-state index is 0.0616. The van der Waals surface area contributed by atoms with Crippen LogP contribution in [0, 0.1) is 47.3 Å². The minimum Gasteiger partial charge on any atom is -0.391 e. The van der Waals surface area contributed by atoms with Gasteiger partial charge in [-0.15, -0.1) is 0 Å². The molecular formula is C63H113N11O12. The highest BCUT2D eigenvalue weighted by Gasteiger charge is 2.46. The third-order valence-corrected chi connectivity index (χ3v) is 17.2. The van der Waals surface area contributed by atoms with Gasteiger partial charge < -0.3 is 60.7 Å². The molecular weight excluding hydrogens is 1100 g/mol. The van der Waals surface area contributed by atoms with E-state index in [4.69, 9.17) is 0 Å². The van der Waals surface area contributed by atoms with Crippen LogP contribution < -0.4 is 21.3 Å². The number of carbonyl (C=O) groups excluding carboxylic acids is 11. The number of hydrogen-bond donors (Lipinski definition) is 5. The Morgan fingerprint density at radius 2 is 0.907 bits per heavy atom. The number of nitrogens with one attached hydrogen (secondary N) is 4. The summed E-state index contributed by atoms with van der Waals surface area (Å²) in [5.74, 6) is -9.90. The molecule has 1 saturated heterocycles. The number of likely N-dealkylation sites (N-methyl/N-ethyl adjacent to an activating group) is 7. The second-order valence-electron chi connectivity index (χ2n) is 26.4. The summed E-state index contributed by atoms with van der Waals surface area (Å²) in [7, 11) is 9.88. The quantitative estimate of drug-likeness (QED) is 0.147. The second-order valence-corrected chi connectivity index (χ2v) is 26.4. The first-order chi connectivity index (χ1) is 39.6. The van der Waals surface area contributed by atoms with Gasteiger partial charge in [0.15, 0.2) is 0 Å². The Hall–Kier alpha value is -6.13. The Kier molecular flexibility index (Phi) is 31.7. The first-order valence-corrected chi connectivity index (χ1v) is 31.0. The molecule has 23 heteroatoms. The summed E-state index contributed by atoms with van der Waals surface area (Å²) in [5, 5.41) is 22.6. The van der Waals surface area contributed by atoms with Crippen molar-refractivity contribution in [2.24, 2.45) is 47.3 Å². The molecule has 1 unspecified atom stereocenters. The summed E-state index contributed by atoms with van der Waals surface area (Å²) in [6.07, 6.45) is 3.25. The van der Waals surface area contributed by atoms with Crippen LogP contribution in [0.15, 0.2) is 12.2 Å². The van der Waals surface area contributed by atoms with Crippen LogP contribution in [-0.4, -0.2) is 227 Å². The molecule has 0 aliphatic carbocycles. The lowest BCUT2D eigenvalue weighted by atomic mass is 9.84. The molecule has 0 radical (unpaired) electrons. The van der Waals surface area contributed by atoms with Crippen molar-refractivity contribution in [1.29, 1.82) is 0 Å². The molecule has 1 heterocycles. The summed E-state index contributed by atoms with van der Waals surface area (Å²) >= 11 is 0. The van der Waals surface area contributed by atoms with Gasteiger partial charge in [-0.2, -0.15) is 0 Å². The van der Waals surface area contributed by atoms with Gasteiger partial charge in [0.1, 0.15) is 60.4 Å². The third-order valence-electron chi connectivity index (χ3n) is 17.2. The predicted molar refractivity (Wildman–Crippen MR) is 333 cm³/mol. The molecule has 11 amide bonds. The van der Waals surface area contributed by atoms with Crippen molar-refractivity contribution >= 4 is 65.0 Å². The number of aliphatic hydroxyl groups is 1. The van der Waals surface area contributed by atoms with Crippen molar-refractivity contribution < 1.29 is 57.8 Å². The van der Waals surface area contributed by atoms with E-state index >= 15 is 9.59 Å². The summed E-state index contributed by atoms with van der Waals surface area (Å²) in [5.41, 5.74) is 0. The molecule has 5 N–H and O–H groups in total. The van der Waals surface area contributed by atoms with E-state index < -0.39 is 156 Å². The molecule has 1 aliphatic rings. The topological polar surface area (TPSA) is 279 Å². The van der Waals surface area contributed by atoms with Crippen molar-refractivity contribution in [3.05, 3.63) is 12.2 Å². The minimum atomic E-state index is -1.59. The predicted octanol–water partition coefficient (Wildman–Crippen LogP) is 3.52. The summed E-state index contributed by atoms with van der Waals surface area (Å²) in [6.45, 7) is 31.1. The first kappa shape index (κ1) is 77.9. The van der Waals surface area contributed by atoms with E-state index in [-0.39, 0.29) is 55.3 Å². The van der Waals surface area contributed by atoms with Crippen LogP contribution in [-0.2, 0) is 52.7 Å². The van der Waals surface area contributed by atoms with Crippen molar-refractivity contribution in [3.8, 4) is 0 Å². The molecule has 14 atom stereocenters. The molecule has 0 aromatic carbocycles. The molecule has 1 fully saturated rings. The van der Waals surface area contributed by atoms with Crippen molar-refractivity contribution in [2.45, 2.75) is 223 Å². The molecule has 1 aliphatic heterocycles. The number of carbonyl (C=O) groups is 11. The number of hydrogen-bond acceptors (Lipinski definition) is 12. The van der Waals surface area contributed by atoms with Crippen LogP contribution in [0.1, 0.15) is 157 Å². The second kappa shape index (κ2) is 35.0. The Bertz CT molecular complexity index is 2360. The maximum Gasteiger partial charge on any atom is 0.248 e. The van der Waals surface area contributed by atoms with Crippen molar-refractivity contribution in [1.82, 2.24) is 55.6 Å². The van der Waals surface area contributed by atoms with Gasteiger partial charge in [0.2, 0.25) is 65.0 Å². The number of rotatable bonds is 15. The summed E-state index contributed by atoms with van der Waals surface area (Å²) in [6, 6.07) is -12.4. The van der Waals surface area contributed by atoms with Gasteiger partial charge in [0, 0.05) is 49.3 Å². The van der Waals surface area contributed by atoms with E-state index in [9.17, 15) is 48.3 Å². The molecule has 0 aromatic heterocycles. The van der Waals surface area contributed by atoms with Gasteiger partial charge in [-0.05, 0) is 107 Å². The SMILES string of the molecule is C/C=C/C[C@@H](C)[C@H](C)[C@@H]1C(=O)N[C@@H](CC)C(=O)N(C)CC(=O)N(C)[C@@H]([C@H](C)C(C)C)C(=O)N[C@@H](C(C)C)C(=O)N(C)[C@@H](CC(C)C)C(=O)N[C@@H](C)C(=O)N[C@@H](C)C(=O)N(C)[C@@H](CC(C)C)C(=O)N(C)[C@@H](CC(C)C)C(=O)N(C)[C@@H](C(C)O)C(=O)N1C. The number of amides is 11. The summed E-state index contributed by atoms with van der Waals surface area (Å²) in [4.78, 5) is 169. The van der Waals surface area contributed by atoms with E-state index in [1.54, 1.807) is 34.6 Å². The highest BCUT2D eigenvalue weighted by Crippen LogP contribution is 2.27. The molecule has 0 saturated carbocycles. The monoisotopic (exact) mass is 1220 g/mol. The number of nitrogens with zero attached hydrogens (tertiary/aromatic N) is 7. The van der Waals surface area contributed by atoms with E-state index in [1.807, 2.05) is 81.4 Å². The van der Waals surface area contributed by atoms with Gasteiger partial charge in [-0.25, -0.2) is 0 Å². The van der Waals surface area contributed by atoms with E-state index in [0.29, 0.717) is 6.42 Å². The lowest BCUT2D eigenvalue weighted by molar-refractivity contribution is -0.158. The highest BCUT2D eigenvalue weighted by atomic mass is 16.3. The maximum atomic E-state index is 15.1. The molecule has 1 rings (SSSR count). The zero-order chi connectivity index (χ0) is 66.8. The van der Waals surface area contributed by atoms with Gasteiger partial charge in [0.05, 0.1) is 12.6 Å². The van der Waals surface area contributed by atoms with E-state index in [2.05, 4.69) is 21.3 Å². The normalized spacial score (nSPS) is 27.4. The average molecular weight is 1220 g/mol.